The second-order valence-corrected chi connectivity index (χ2v) is 4.69. The molecule has 0 atom stereocenters. The molecule has 0 amide bonds. The van der Waals surface area contributed by atoms with Crippen LogP contribution < -0.4 is 0 Å². The number of hydrogen-bond acceptors (Lipinski definition) is 4. The van der Waals surface area contributed by atoms with Crippen LogP contribution in [0, 0.1) is 6.92 Å². The highest BCUT2D eigenvalue weighted by Gasteiger charge is 2.04. The Hall–Kier alpha value is -1.07. The molecule has 2 heterocycles. The third kappa shape index (κ3) is 2.74. The summed E-state index contributed by atoms with van der Waals surface area (Å²) in [6.45, 7) is 1.91. The standard InChI is InChI=1S/C10H11ClN4S/c1-7-5-8(11)14-9(13-7)6-16-10-12-3-4-15(10)2/h3-5H,6H2,1-2H3. The Kier molecular flexibility index (Phi) is 3.46. The van der Waals surface area contributed by atoms with Crippen LogP contribution in [0.25, 0.3) is 0 Å². The van der Waals surface area contributed by atoms with Crippen LogP contribution in [0.4, 0.5) is 0 Å². The molecule has 16 heavy (non-hydrogen) atoms. The summed E-state index contributed by atoms with van der Waals surface area (Å²) >= 11 is 7.45. The number of rotatable bonds is 3. The quantitative estimate of drug-likeness (QED) is 0.623. The Bertz CT molecular complexity index is 477. The minimum Gasteiger partial charge on any atom is -0.329 e. The summed E-state index contributed by atoms with van der Waals surface area (Å²) in [4.78, 5) is 12.7. The maximum atomic E-state index is 5.86. The lowest BCUT2D eigenvalue weighted by atomic mass is 10.4. The van der Waals surface area contributed by atoms with E-state index in [1.807, 2.05) is 24.7 Å². The van der Waals surface area contributed by atoms with Gasteiger partial charge in [-0.15, -0.1) is 0 Å². The second-order valence-electron chi connectivity index (χ2n) is 3.36. The van der Waals surface area contributed by atoms with E-state index in [4.69, 9.17) is 11.6 Å². The number of aromatic nitrogens is 4. The van der Waals surface area contributed by atoms with Crippen molar-refractivity contribution in [3.63, 3.8) is 0 Å². The zero-order valence-electron chi connectivity index (χ0n) is 9.01. The fourth-order valence-corrected chi connectivity index (χ4v) is 2.32. The number of nitrogens with zero attached hydrogens (tertiary/aromatic N) is 4. The molecule has 0 aliphatic heterocycles. The molecule has 0 bridgehead atoms. The first kappa shape index (κ1) is 11.4. The van der Waals surface area contributed by atoms with E-state index >= 15 is 0 Å². The summed E-state index contributed by atoms with van der Waals surface area (Å²) in [6, 6.07) is 1.75. The third-order valence-corrected chi connectivity index (χ3v) is 3.22. The van der Waals surface area contributed by atoms with Crippen LogP contribution in [0.1, 0.15) is 11.5 Å². The van der Waals surface area contributed by atoms with Crippen molar-refractivity contribution in [2.24, 2.45) is 7.05 Å². The molecule has 0 N–H and O–H groups in total. The van der Waals surface area contributed by atoms with Crippen molar-refractivity contribution < 1.29 is 0 Å². The Morgan fingerprint density at radius 2 is 2.25 bits per heavy atom. The molecular formula is C10H11ClN4S. The monoisotopic (exact) mass is 254 g/mol. The van der Waals surface area contributed by atoms with Crippen molar-refractivity contribution in [1.82, 2.24) is 19.5 Å². The smallest absolute Gasteiger partial charge is 0.168 e. The molecule has 0 unspecified atom stereocenters. The molecule has 2 aromatic heterocycles. The van der Waals surface area contributed by atoms with Crippen LogP contribution >= 0.6 is 23.4 Å². The van der Waals surface area contributed by atoms with E-state index in [-0.39, 0.29) is 0 Å². The topological polar surface area (TPSA) is 43.6 Å². The first-order valence-electron chi connectivity index (χ1n) is 4.75. The molecule has 0 radical (unpaired) electrons. The molecule has 0 saturated carbocycles. The first-order chi connectivity index (χ1) is 7.65. The van der Waals surface area contributed by atoms with E-state index in [2.05, 4.69) is 15.0 Å². The maximum absolute atomic E-state index is 5.86. The number of aryl methyl sites for hydroxylation is 2. The molecule has 2 rings (SSSR count). The number of halogens is 1. The Morgan fingerprint density at radius 3 is 2.88 bits per heavy atom. The molecule has 0 aliphatic rings. The molecule has 0 fully saturated rings. The van der Waals surface area contributed by atoms with E-state index in [0.29, 0.717) is 10.9 Å². The molecule has 0 saturated heterocycles. The maximum Gasteiger partial charge on any atom is 0.168 e. The minimum atomic E-state index is 0.489. The van der Waals surface area contributed by atoms with Gasteiger partial charge in [-0.3, -0.25) is 0 Å². The summed E-state index contributed by atoms with van der Waals surface area (Å²) in [7, 11) is 1.96. The van der Waals surface area contributed by atoms with E-state index in [0.717, 1.165) is 16.7 Å². The Labute approximate surface area is 103 Å². The molecule has 4 nitrogen and oxygen atoms in total. The third-order valence-electron chi connectivity index (χ3n) is 1.98. The van der Waals surface area contributed by atoms with Crippen molar-refractivity contribution in [2.45, 2.75) is 17.8 Å². The molecule has 84 valence electrons. The fourth-order valence-electron chi connectivity index (χ4n) is 1.27. The van der Waals surface area contributed by atoms with Crippen molar-refractivity contribution >= 4 is 23.4 Å². The second kappa shape index (κ2) is 4.84. The zero-order chi connectivity index (χ0) is 11.5. The lowest BCUT2D eigenvalue weighted by molar-refractivity contribution is 0.789. The van der Waals surface area contributed by atoms with Gasteiger partial charge < -0.3 is 4.57 Å². The summed E-state index contributed by atoms with van der Waals surface area (Å²) in [6.07, 6.45) is 3.68. The summed E-state index contributed by atoms with van der Waals surface area (Å²) < 4.78 is 1.96. The van der Waals surface area contributed by atoms with Crippen molar-refractivity contribution in [3.8, 4) is 0 Å². The van der Waals surface area contributed by atoms with Gasteiger partial charge in [0.2, 0.25) is 0 Å². The van der Waals surface area contributed by atoms with Gasteiger partial charge in [-0.05, 0) is 13.0 Å². The van der Waals surface area contributed by atoms with Gasteiger partial charge in [0.05, 0.1) is 5.75 Å². The van der Waals surface area contributed by atoms with E-state index in [1.54, 1.807) is 24.0 Å². The average molecular weight is 255 g/mol. The molecule has 2 aromatic rings. The van der Waals surface area contributed by atoms with Gasteiger partial charge >= 0.3 is 0 Å². The van der Waals surface area contributed by atoms with E-state index in [9.17, 15) is 0 Å². The average Bonchev–Trinajstić information content (AvgIpc) is 2.59. The fraction of sp³-hybridized carbons (Fsp3) is 0.300. The Morgan fingerprint density at radius 1 is 1.44 bits per heavy atom. The van der Waals surface area contributed by atoms with Gasteiger partial charge in [-0.25, -0.2) is 15.0 Å². The predicted molar refractivity (Wildman–Crippen MR) is 64.5 cm³/mol. The molecule has 0 aliphatic carbocycles. The lowest BCUT2D eigenvalue weighted by Crippen LogP contribution is -1.96. The van der Waals surface area contributed by atoms with Gasteiger partial charge in [0.25, 0.3) is 0 Å². The molecule has 0 spiro atoms. The van der Waals surface area contributed by atoms with Crippen molar-refractivity contribution in [2.75, 3.05) is 0 Å². The van der Waals surface area contributed by atoms with Crippen LogP contribution in [0.2, 0.25) is 5.15 Å². The van der Waals surface area contributed by atoms with Gasteiger partial charge in [0, 0.05) is 25.1 Å². The van der Waals surface area contributed by atoms with Crippen LogP contribution in [-0.4, -0.2) is 19.5 Å². The van der Waals surface area contributed by atoms with Crippen molar-refractivity contribution in [3.05, 3.63) is 35.1 Å². The lowest BCUT2D eigenvalue weighted by Gasteiger charge is -2.02. The van der Waals surface area contributed by atoms with Crippen molar-refractivity contribution in [1.29, 1.82) is 0 Å². The minimum absolute atomic E-state index is 0.489. The highest BCUT2D eigenvalue weighted by molar-refractivity contribution is 7.98. The zero-order valence-corrected chi connectivity index (χ0v) is 10.6. The normalized spacial score (nSPS) is 10.7. The molecule has 6 heteroatoms. The summed E-state index contributed by atoms with van der Waals surface area (Å²) in [5, 5.41) is 1.43. The largest absolute Gasteiger partial charge is 0.329 e. The van der Waals surface area contributed by atoms with Crippen LogP contribution in [0.3, 0.4) is 0 Å². The number of thioether (sulfide) groups is 1. The van der Waals surface area contributed by atoms with Gasteiger partial charge in [0.15, 0.2) is 5.16 Å². The summed E-state index contributed by atoms with van der Waals surface area (Å²) in [5.74, 6) is 1.41. The summed E-state index contributed by atoms with van der Waals surface area (Å²) in [5.41, 5.74) is 0.885. The highest BCUT2D eigenvalue weighted by atomic mass is 35.5. The van der Waals surface area contributed by atoms with Crippen LogP contribution in [0.5, 0.6) is 0 Å². The van der Waals surface area contributed by atoms with Gasteiger partial charge in [-0.2, -0.15) is 0 Å². The van der Waals surface area contributed by atoms with E-state index < -0.39 is 0 Å². The van der Waals surface area contributed by atoms with Crippen LogP contribution in [0.15, 0.2) is 23.6 Å². The SMILES string of the molecule is Cc1cc(Cl)nc(CSc2nccn2C)n1. The number of imidazole rings is 1. The molecular weight excluding hydrogens is 244 g/mol. The molecule has 0 aromatic carbocycles. The number of hydrogen-bond donors (Lipinski definition) is 0. The van der Waals surface area contributed by atoms with E-state index in [1.165, 1.54) is 0 Å². The van der Waals surface area contributed by atoms with Gasteiger partial charge in [0.1, 0.15) is 11.0 Å². The predicted octanol–water partition coefficient (Wildman–Crippen LogP) is 2.46. The Balaban J connectivity index is 2.07. The first-order valence-corrected chi connectivity index (χ1v) is 6.11. The van der Waals surface area contributed by atoms with Gasteiger partial charge in [-0.1, -0.05) is 23.4 Å². The van der Waals surface area contributed by atoms with Crippen LogP contribution in [-0.2, 0) is 12.8 Å². The highest BCUT2D eigenvalue weighted by Crippen LogP contribution is 2.19.